The highest BCUT2D eigenvalue weighted by atomic mass is 16.3. The summed E-state index contributed by atoms with van der Waals surface area (Å²) < 4.78 is 0. The van der Waals surface area contributed by atoms with Crippen LogP contribution in [0.3, 0.4) is 0 Å². The fourth-order valence-corrected chi connectivity index (χ4v) is 3.10. The van der Waals surface area contributed by atoms with Gasteiger partial charge in [0, 0.05) is 13.2 Å². The van der Waals surface area contributed by atoms with Crippen molar-refractivity contribution in [3.8, 4) is 0 Å². The maximum atomic E-state index is 12.2. The number of aryl methyl sites for hydroxylation is 1. The van der Waals surface area contributed by atoms with Crippen molar-refractivity contribution in [1.82, 2.24) is 15.5 Å². The first-order chi connectivity index (χ1) is 10.2. The lowest BCUT2D eigenvalue weighted by Gasteiger charge is -2.30. The zero-order valence-electron chi connectivity index (χ0n) is 12.7. The molecule has 21 heavy (non-hydrogen) atoms. The summed E-state index contributed by atoms with van der Waals surface area (Å²) in [5.41, 5.74) is 7.53. The van der Waals surface area contributed by atoms with E-state index in [1.807, 2.05) is 0 Å². The fraction of sp³-hybridized carbons (Fsp3) is 0.733. The largest absolute Gasteiger partial charge is 0.396 e. The predicted octanol–water partition coefficient (Wildman–Crippen LogP) is 1.47. The molecule has 1 aromatic rings. The van der Waals surface area contributed by atoms with Gasteiger partial charge in [-0.05, 0) is 31.1 Å². The number of rotatable bonds is 6. The van der Waals surface area contributed by atoms with Gasteiger partial charge in [0.25, 0.3) is 5.91 Å². The second-order valence-electron chi connectivity index (χ2n) is 5.91. The van der Waals surface area contributed by atoms with Crippen LogP contribution in [0.5, 0.6) is 0 Å². The number of amides is 1. The molecule has 1 aromatic heterocycles. The van der Waals surface area contributed by atoms with E-state index in [0.29, 0.717) is 24.1 Å². The van der Waals surface area contributed by atoms with Crippen LogP contribution in [0.4, 0.5) is 5.69 Å². The van der Waals surface area contributed by atoms with Crippen LogP contribution >= 0.6 is 0 Å². The van der Waals surface area contributed by atoms with Gasteiger partial charge in [0.05, 0.1) is 11.4 Å². The number of aromatic nitrogens is 2. The normalized spacial score (nSPS) is 22.2. The molecular weight excluding hydrogens is 268 g/mol. The molecule has 0 bridgehead atoms. The highest BCUT2D eigenvalue weighted by Crippen LogP contribution is 2.29. The summed E-state index contributed by atoms with van der Waals surface area (Å²) in [7, 11) is 0. The third kappa shape index (κ3) is 3.75. The SMILES string of the molecule is CCCc1[nH]nc(C(=O)NCC2CCCCC2CO)c1N. The van der Waals surface area contributed by atoms with Crippen molar-refractivity contribution in [2.45, 2.75) is 45.4 Å². The molecule has 1 aliphatic rings. The maximum Gasteiger partial charge on any atom is 0.273 e. The lowest BCUT2D eigenvalue weighted by atomic mass is 9.79. The smallest absolute Gasteiger partial charge is 0.273 e. The number of nitrogens with zero attached hydrogens (tertiary/aromatic N) is 1. The average molecular weight is 294 g/mol. The fourth-order valence-electron chi connectivity index (χ4n) is 3.10. The second-order valence-corrected chi connectivity index (χ2v) is 5.91. The van der Waals surface area contributed by atoms with Gasteiger partial charge in [-0.2, -0.15) is 5.10 Å². The van der Waals surface area contributed by atoms with Crippen molar-refractivity contribution >= 4 is 11.6 Å². The van der Waals surface area contributed by atoms with Crippen LogP contribution in [0.1, 0.15) is 55.2 Å². The average Bonchev–Trinajstić information content (AvgIpc) is 2.87. The molecule has 2 atom stereocenters. The zero-order chi connectivity index (χ0) is 15.2. The number of carbonyl (C=O) groups is 1. The van der Waals surface area contributed by atoms with E-state index in [1.165, 1.54) is 12.8 Å². The van der Waals surface area contributed by atoms with Gasteiger partial charge in [-0.3, -0.25) is 9.89 Å². The summed E-state index contributed by atoms with van der Waals surface area (Å²) in [6.45, 7) is 2.84. The molecule has 0 aromatic carbocycles. The van der Waals surface area contributed by atoms with Crippen LogP contribution in [0.15, 0.2) is 0 Å². The molecule has 1 saturated carbocycles. The number of hydrogen-bond donors (Lipinski definition) is 4. The molecule has 5 N–H and O–H groups in total. The Hall–Kier alpha value is -1.56. The minimum atomic E-state index is -0.228. The minimum Gasteiger partial charge on any atom is -0.396 e. The van der Waals surface area contributed by atoms with E-state index in [1.54, 1.807) is 0 Å². The lowest BCUT2D eigenvalue weighted by molar-refractivity contribution is 0.0905. The van der Waals surface area contributed by atoms with Gasteiger partial charge in [-0.25, -0.2) is 0 Å². The summed E-state index contributed by atoms with van der Waals surface area (Å²) in [5, 5.41) is 19.2. The molecule has 6 heteroatoms. The van der Waals surface area contributed by atoms with Crippen LogP contribution in [-0.4, -0.2) is 34.4 Å². The molecule has 1 amide bonds. The molecular formula is C15H26N4O2. The van der Waals surface area contributed by atoms with Crippen LogP contribution in [-0.2, 0) is 6.42 Å². The van der Waals surface area contributed by atoms with Gasteiger partial charge in [0.15, 0.2) is 5.69 Å². The second kappa shape index (κ2) is 7.45. The maximum absolute atomic E-state index is 12.2. The Kier molecular flexibility index (Phi) is 5.61. The Morgan fingerprint density at radius 2 is 2.14 bits per heavy atom. The molecule has 0 saturated heterocycles. The monoisotopic (exact) mass is 294 g/mol. The molecule has 1 heterocycles. The molecule has 0 radical (unpaired) electrons. The Balaban J connectivity index is 1.92. The third-order valence-corrected chi connectivity index (χ3v) is 4.42. The van der Waals surface area contributed by atoms with Gasteiger partial charge in [-0.15, -0.1) is 0 Å². The van der Waals surface area contributed by atoms with E-state index in [-0.39, 0.29) is 18.2 Å². The molecule has 0 aliphatic heterocycles. The molecule has 6 nitrogen and oxygen atoms in total. The number of nitrogens with two attached hydrogens (primary N) is 1. The molecule has 2 unspecified atom stereocenters. The van der Waals surface area contributed by atoms with Crippen LogP contribution < -0.4 is 11.1 Å². The molecule has 1 fully saturated rings. The van der Waals surface area contributed by atoms with Crippen LogP contribution in [0.25, 0.3) is 0 Å². The molecule has 0 spiro atoms. The van der Waals surface area contributed by atoms with E-state index in [0.717, 1.165) is 31.4 Å². The summed E-state index contributed by atoms with van der Waals surface area (Å²) in [4.78, 5) is 12.2. The van der Waals surface area contributed by atoms with Gasteiger partial charge in [0.1, 0.15) is 0 Å². The van der Waals surface area contributed by atoms with Gasteiger partial charge < -0.3 is 16.2 Å². The summed E-state index contributed by atoms with van der Waals surface area (Å²) >= 11 is 0. The van der Waals surface area contributed by atoms with Gasteiger partial charge >= 0.3 is 0 Å². The number of aromatic amines is 1. The van der Waals surface area contributed by atoms with Crippen molar-refractivity contribution in [3.63, 3.8) is 0 Å². The van der Waals surface area contributed by atoms with Crippen molar-refractivity contribution in [3.05, 3.63) is 11.4 Å². The van der Waals surface area contributed by atoms with E-state index < -0.39 is 0 Å². The first-order valence-corrected chi connectivity index (χ1v) is 7.89. The number of nitrogen functional groups attached to an aromatic ring is 1. The summed E-state index contributed by atoms with van der Waals surface area (Å²) in [5.74, 6) is 0.419. The predicted molar refractivity (Wildman–Crippen MR) is 81.9 cm³/mol. The minimum absolute atomic E-state index is 0.200. The zero-order valence-corrected chi connectivity index (χ0v) is 12.7. The Bertz CT molecular complexity index is 472. The van der Waals surface area contributed by atoms with Crippen molar-refractivity contribution in [1.29, 1.82) is 0 Å². The Morgan fingerprint density at radius 1 is 1.43 bits per heavy atom. The van der Waals surface area contributed by atoms with Crippen LogP contribution in [0, 0.1) is 11.8 Å². The van der Waals surface area contributed by atoms with Crippen molar-refractivity contribution in [2.75, 3.05) is 18.9 Å². The highest BCUT2D eigenvalue weighted by Gasteiger charge is 2.25. The van der Waals surface area contributed by atoms with Crippen molar-refractivity contribution < 1.29 is 9.90 Å². The number of carbonyl (C=O) groups excluding carboxylic acids is 1. The number of hydrogen-bond acceptors (Lipinski definition) is 4. The standard InChI is InChI=1S/C15H26N4O2/c1-2-5-12-13(16)14(19-18-12)15(21)17-8-10-6-3-4-7-11(10)9-20/h10-11,20H,2-9,16H2,1H3,(H,17,21)(H,18,19). The number of aliphatic hydroxyl groups excluding tert-OH is 1. The van der Waals surface area contributed by atoms with E-state index in [4.69, 9.17) is 5.73 Å². The number of H-pyrrole nitrogens is 1. The quantitative estimate of drug-likeness (QED) is 0.637. The number of anilines is 1. The van der Waals surface area contributed by atoms with Gasteiger partial charge in [-0.1, -0.05) is 26.2 Å². The molecule has 1 aliphatic carbocycles. The Morgan fingerprint density at radius 3 is 2.81 bits per heavy atom. The van der Waals surface area contributed by atoms with Crippen LogP contribution in [0.2, 0.25) is 0 Å². The van der Waals surface area contributed by atoms with E-state index >= 15 is 0 Å². The third-order valence-electron chi connectivity index (χ3n) is 4.42. The van der Waals surface area contributed by atoms with E-state index in [9.17, 15) is 9.90 Å². The lowest BCUT2D eigenvalue weighted by Crippen LogP contribution is -2.35. The topological polar surface area (TPSA) is 104 Å². The first-order valence-electron chi connectivity index (χ1n) is 7.89. The Labute approximate surface area is 125 Å². The highest BCUT2D eigenvalue weighted by molar-refractivity contribution is 5.97. The number of nitrogens with one attached hydrogen (secondary N) is 2. The summed E-state index contributed by atoms with van der Waals surface area (Å²) in [6.07, 6.45) is 6.19. The van der Waals surface area contributed by atoms with Gasteiger partial charge in [0.2, 0.25) is 0 Å². The molecule has 118 valence electrons. The molecule has 2 rings (SSSR count). The number of aliphatic hydroxyl groups is 1. The van der Waals surface area contributed by atoms with Crippen molar-refractivity contribution in [2.24, 2.45) is 11.8 Å². The first kappa shape index (κ1) is 15.8. The van der Waals surface area contributed by atoms with E-state index in [2.05, 4.69) is 22.4 Å². The summed E-state index contributed by atoms with van der Waals surface area (Å²) in [6, 6.07) is 0.